The number of hydrogen-bond donors (Lipinski definition) is 4. The van der Waals surface area contributed by atoms with Crippen molar-refractivity contribution in [2.24, 2.45) is 0 Å². The van der Waals surface area contributed by atoms with Gasteiger partial charge in [-0.25, -0.2) is 24.0 Å². The molecule has 1 aromatic rings. The Labute approximate surface area is 147 Å². The van der Waals surface area contributed by atoms with Gasteiger partial charge >= 0.3 is 0 Å². The molecule has 0 radical (unpaired) electrons. The Kier molecular flexibility index (Phi) is 3.77. The van der Waals surface area contributed by atoms with Crippen molar-refractivity contribution in [3.05, 3.63) is 18.2 Å². The number of fused-ring (bicyclic) bond motifs is 1. The van der Waals surface area contributed by atoms with E-state index < -0.39 is 10.0 Å². The van der Waals surface area contributed by atoms with Crippen LogP contribution in [0.3, 0.4) is 0 Å². The van der Waals surface area contributed by atoms with E-state index in [-0.39, 0.29) is 17.2 Å². The number of nitrogens with one attached hydrogen (secondary N) is 4. The predicted molar refractivity (Wildman–Crippen MR) is 97.1 cm³/mol. The van der Waals surface area contributed by atoms with Crippen molar-refractivity contribution in [2.75, 3.05) is 10.2 Å². The SMILES string of the molecule is CC1NNC(N2c3cc(S(=O)(=O)NC4(C)CC4)ccc3NC2C)S1. The maximum Gasteiger partial charge on any atom is 0.241 e. The number of benzene rings is 1. The molecule has 2 aliphatic heterocycles. The molecule has 2 fully saturated rings. The van der Waals surface area contributed by atoms with E-state index in [2.05, 4.69) is 39.6 Å². The number of sulfonamides is 1. The molecule has 24 heavy (non-hydrogen) atoms. The lowest BCUT2D eigenvalue weighted by atomic mass is 10.3. The molecular weight excluding hydrogens is 346 g/mol. The molecule has 2 heterocycles. The number of thioether (sulfide) groups is 1. The molecule has 7 nitrogen and oxygen atoms in total. The molecule has 1 saturated heterocycles. The molecule has 1 aliphatic carbocycles. The third-order valence-electron chi connectivity index (χ3n) is 4.72. The molecule has 3 aliphatic rings. The van der Waals surface area contributed by atoms with Crippen LogP contribution in [0.4, 0.5) is 11.4 Å². The number of hydrazine groups is 1. The summed E-state index contributed by atoms with van der Waals surface area (Å²) in [6.07, 6.45) is 1.88. The highest BCUT2D eigenvalue weighted by Crippen LogP contribution is 2.41. The van der Waals surface area contributed by atoms with Crippen molar-refractivity contribution >= 4 is 33.2 Å². The van der Waals surface area contributed by atoms with Crippen LogP contribution in [-0.4, -0.2) is 31.0 Å². The Balaban J connectivity index is 1.66. The molecule has 4 N–H and O–H groups in total. The van der Waals surface area contributed by atoms with Gasteiger partial charge in [0.25, 0.3) is 0 Å². The van der Waals surface area contributed by atoms with Crippen molar-refractivity contribution in [1.29, 1.82) is 0 Å². The van der Waals surface area contributed by atoms with Crippen LogP contribution < -0.4 is 25.8 Å². The predicted octanol–water partition coefficient (Wildman–Crippen LogP) is 1.57. The average Bonchev–Trinajstić information content (AvgIpc) is 2.92. The molecule has 1 aromatic carbocycles. The first-order valence-corrected chi connectivity index (χ1v) is 10.6. The van der Waals surface area contributed by atoms with Crippen molar-refractivity contribution in [3.8, 4) is 0 Å². The summed E-state index contributed by atoms with van der Waals surface area (Å²) >= 11 is 1.76. The van der Waals surface area contributed by atoms with E-state index in [1.54, 1.807) is 23.9 Å². The van der Waals surface area contributed by atoms with Crippen molar-refractivity contribution < 1.29 is 8.42 Å². The summed E-state index contributed by atoms with van der Waals surface area (Å²) in [7, 11) is -3.50. The highest BCUT2D eigenvalue weighted by Gasteiger charge is 2.42. The Hall–Kier alpha value is -1.000. The fourth-order valence-corrected chi connectivity index (χ4v) is 5.68. The first kappa shape index (κ1) is 16.5. The molecule has 3 atom stereocenters. The normalized spacial score (nSPS) is 31.0. The van der Waals surface area contributed by atoms with Crippen molar-refractivity contribution in [3.63, 3.8) is 0 Å². The van der Waals surface area contributed by atoms with Crippen LogP contribution in [0, 0.1) is 0 Å². The second-order valence-corrected chi connectivity index (χ2v) is 10.1. The van der Waals surface area contributed by atoms with Gasteiger partial charge in [-0.15, -0.1) is 11.8 Å². The summed E-state index contributed by atoms with van der Waals surface area (Å²) in [5.74, 6) is 0. The van der Waals surface area contributed by atoms with Crippen LogP contribution in [0.1, 0.15) is 33.6 Å². The van der Waals surface area contributed by atoms with Gasteiger partial charge < -0.3 is 10.2 Å². The lowest BCUT2D eigenvalue weighted by Crippen LogP contribution is -2.47. The third-order valence-corrected chi connectivity index (χ3v) is 7.48. The number of hydrogen-bond acceptors (Lipinski definition) is 7. The van der Waals surface area contributed by atoms with Crippen LogP contribution in [-0.2, 0) is 10.0 Å². The van der Waals surface area contributed by atoms with E-state index in [4.69, 9.17) is 0 Å². The highest BCUT2D eigenvalue weighted by molar-refractivity contribution is 8.00. The first-order chi connectivity index (χ1) is 11.3. The topological polar surface area (TPSA) is 85.5 Å². The van der Waals surface area contributed by atoms with Gasteiger partial charge in [-0.2, -0.15) is 0 Å². The molecule has 9 heteroatoms. The lowest BCUT2D eigenvalue weighted by molar-refractivity contribution is 0.519. The van der Waals surface area contributed by atoms with Crippen LogP contribution in [0.2, 0.25) is 0 Å². The molecule has 0 spiro atoms. The number of rotatable bonds is 4. The molecule has 0 amide bonds. The zero-order chi connectivity index (χ0) is 17.1. The number of anilines is 2. The second kappa shape index (κ2) is 5.50. The van der Waals surface area contributed by atoms with Crippen LogP contribution in [0.15, 0.2) is 23.1 Å². The van der Waals surface area contributed by atoms with Gasteiger partial charge in [0.2, 0.25) is 10.0 Å². The van der Waals surface area contributed by atoms with Crippen LogP contribution in [0.5, 0.6) is 0 Å². The molecule has 1 saturated carbocycles. The van der Waals surface area contributed by atoms with E-state index in [0.717, 1.165) is 24.2 Å². The summed E-state index contributed by atoms with van der Waals surface area (Å²) in [5, 5.41) is 3.71. The third kappa shape index (κ3) is 2.88. The van der Waals surface area contributed by atoms with Crippen LogP contribution in [0.25, 0.3) is 0 Å². The molecule has 3 unspecified atom stereocenters. The summed E-state index contributed by atoms with van der Waals surface area (Å²) in [6, 6.07) is 5.30. The Morgan fingerprint density at radius 3 is 2.67 bits per heavy atom. The molecule has 0 bridgehead atoms. The Morgan fingerprint density at radius 1 is 1.29 bits per heavy atom. The van der Waals surface area contributed by atoms with Crippen molar-refractivity contribution in [2.45, 2.75) is 61.1 Å². The fraction of sp³-hybridized carbons (Fsp3) is 0.600. The minimum Gasteiger partial charge on any atom is -0.364 e. The zero-order valence-electron chi connectivity index (χ0n) is 14.0. The van der Waals surface area contributed by atoms with Gasteiger partial charge in [-0.1, -0.05) is 0 Å². The van der Waals surface area contributed by atoms with Gasteiger partial charge in [-0.05, 0) is 51.8 Å². The second-order valence-electron chi connectivity index (χ2n) is 6.99. The monoisotopic (exact) mass is 369 g/mol. The molecule has 4 rings (SSSR count). The largest absolute Gasteiger partial charge is 0.364 e. The smallest absolute Gasteiger partial charge is 0.241 e. The van der Waals surface area contributed by atoms with E-state index in [0.29, 0.717) is 10.3 Å². The fourth-order valence-electron chi connectivity index (χ4n) is 3.10. The highest BCUT2D eigenvalue weighted by atomic mass is 32.2. The van der Waals surface area contributed by atoms with Crippen LogP contribution >= 0.6 is 11.8 Å². The van der Waals surface area contributed by atoms with E-state index in [1.807, 2.05) is 13.0 Å². The van der Waals surface area contributed by atoms with Crippen molar-refractivity contribution in [1.82, 2.24) is 15.6 Å². The van der Waals surface area contributed by atoms with Gasteiger partial charge in [0.05, 0.1) is 27.8 Å². The summed E-state index contributed by atoms with van der Waals surface area (Å²) in [5.41, 5.74) is 8.10. The van der Waals surface area contributed by atoms with E-state index >= 15 is 0 Å². The summed E-state index contributed by atoms with van der Waals surface area (Å²) in [4.78, 5) is 2.49. The molecule has 0 aromatic heterocycles. The molecular formula is C15H23N5O2S2. The van der Waals surface area contributed by atoms with Gasteiger partial charge in [0.1, 0.15) is 5.50 Å². The Bertz CT molecular complexity index is 765. The summed E-state index contributed by atoms with van der Waals surface area (Å²) in [6.45, 7) is 6.11. The quantitative estimate of drug-likeness (QED) is 0.641. The van der Waals surface area contributed by atoms with E-state index in [1.165, 1.54) is 0 Å². The van der Waals surface area contributed by atoms with E-state index in [9.17, 15) is 8.42 Å². The maximum atomic E-state index is 12.7. The Morgan fingerprint density at radius 2 is 2.04 bits per heavy atom. The minimum atomic E-state index is -3.50. The minimum absolute atomic E-state index is 0.0515. The number of nitrogens with zero attached hydrogens (tertiary/aromatic N) is 1. The average molecular weight is 370 g/mol. The first-order valence-electron chi connectivity index (χ1n) is 8.17. The standard InChI is InChI=1S/C15H23N5O2S2/c1-9-16-12-5-4-11(24(21,22)19-15(3)6-7-15)8-13(12)20(9)14-18-17-10(2)23-14/h4-5,8-10,14,16-19H,6-7H2,1-3H3. The van der Waals surface area contributed by atoms with Gasteiger partial charge in [-0.3, -0.25) is 0 Å². The van der Waals surface area contributed by atoms with Gasteiger partial charge in [0, 0.05) is 5.54 Å². The zero-order valence-corrected chi connectivity index (χ0v) is 15.6. The maximum absolute atomic E-state index is 12.7. The lowest BCUT2D eigenvalue weighted by Gasteiger charge is -2.29. The molecule has 132 valence electrons. The van der Waals surface area contributed by atoms with Gasteiger partial charge in [0.15, 0.2) is 0 Å². The summed E-state index contributed by atoms with van der Waals surface area (Å²) < 4.78 is 28.1.